The molecule has 0 spiro atoms. The molecule has 0 aromatic heterocycles. The number of hydrogen-bond acceptors (Lipinski definition) is 3. The van der Waals surface area contributed by atoms with Crippen molar-refractivity contribution in [1.29, 1.82) is 0 Å². The van der Waals surface area contributed by atoms with Crippen molar-refractivity contribution in [2.24, 2.45) is 5.92 Å². The van der Waals surface area contributed by atoms with Gasteiger partial charge in [0.05, 0.1) is 5.92 Å². The van der Waals surface area contributed by atoms with Crippen LogP contribution in [0.15, 0.2) is 18.2 Å². The van der Waals surface area contributed by atoms with Crippen LogP contribution >= 0.6 is 0 Å². The Balaban J connectivity index is 1.55. The Morgan fingerprint density at radius 3 is 2.81 bits per heavy atom. The molecule has 2 amide bonds. The van der Waals surface area contributed by atoms with Gasteiger partial charge in [0.2, 0.25) is 11.8 Å². The van der Waals surface area contributed by atoms with Gasteiger partial charge >= 0.3 is 0 Å². The average molecular weight is 357 g/mol. The Bertz CT molecular complexity index is 671. The molecule has 5 nitrogen and oxygen atoms in total. The van der Waals surface area contributed by atoms with Gasteiger partial charge in [-0.25, -0.2) is 0 Å². The number of fused-ring (bicyclic) bond motifs is 1. The van der Waals surface area contributed by atoms with Crippen LogP contribution in [0.5, 0.6) is 0 Å². The van der Waals surface area contributed by atoms with E-state index in [0.29, 0.717) is 25.6 Å². The van der Waals surface area contributed by atoms with Gasteiger partial charge in [0, 0.05) is 37.8 Å². The molecule has 0 bridgehead atoms. The minimum absolute atomic E-state index is 0.00168. The first kappa shape index (κ1) is 18.9. The lowest BCUT2D eigenvalue weighted by atomic mass is 10.1. The number of hydrogen-bond donors (Lipinski definition) is 1. The number of aryl methyl sites for hydroxylation is 2. The van der Waals surface area contributed by atoms with Gasteiger partial charge in [-0.15, -0.1) is 0 Å². The topological polar surface area (TPSA) is 52.7 Å². The SMILES string of the molecule is CCN(CCNC(=O)C1CC(=O)N(c2ccc3c(c2)CCC3)C1)C(C)C. The van der Waals surface area contributed by atoms with E-state index in [4.69, 9.17) is 0 Å². The van der Waals surface area contributed by atoms with E-state index in [-0.39, 0.29) is 17.7 Å². The number of benzene rings is 1. The Kier molecular flexibility index (Phi) is 5.97. The number of nitrogens with one attached hydrogen (secondary N) is 1. The van der Waals surface area contributed by atoms with Gasteiger partial charge in [0.1, 0.15) is 0 Å². The molecule has 2 aliphatic rings. The van der Waals surface area contributed by atoms with Crippen LogP contribution in [0.4, 0.5) is 5.69 Å². The first-order valence-electron chi connectivity index (χ1n) is 9.93. The molecule has 1 heterocycles. The molecule has 1 N–H and O–H groups in total. The molecule has 0 radical (unpaired) electrons. The Labute approximate surface area is 156 Å². The molecule has 0 saturated carbocycles. The third-order valence-electron chi connectivity index (χ3n) is 5.72. The molecule has 1 aromatic rings. The van der Waals surface area contributed by atoms with E-state index in [9.17, 15) is 9.59 Å². The van der Waals surface area contributed by atoms with Gasteiger partial charge in [-0.1, -0.05) is 13.0 Å². The lowest BCUT2D eigenvalue weighted by Gasteiger charge is -2.25. The molecule has 1 aliphatic heterocycles. The van der Waals surface area contributed by atoms with E-state index in [1.54, 1.807) is 4.90 Å². The van der Waals surface area contributed by atoms with Crippen LogP contribution in [0.2, 0.25) is 0 Å². The summed E-state index contributed by atoms with van der Waals surface area (Å²) in [7, 11) is 0. The summed E-state index contributed by atoms with van der Waals surface area (Å²) >= 11 is 0. The van der Waals surface area contributed by atoms with Crippen LogP contribution < -0.4 is 10.2 Å². The maximum Gasteiger partial charge on any atom is 0.227 e. The fourth-order valence-electron chi connectivity index (χ4n) is 4.11. The first-order chi connectivity index (χ1) is 12.5. The van der Waals surface area contributed by atoms with Gasteiger partial charge in [-0.05, 0) is 62.9 Å². The Hall–Kier alpha value is -1.88. The minimum atomic E-state index is -0.245. The van der Waals surface area contributed by atoms with Crippen molar-refractivity contribution in [3.05, 3.63) is 29.3 Å². The van der Waals surface area contributed by atoms with E-state index in [1.807, 2.05) is 6.07 Å². The van der Waals surface area contributed by atoms with Gasteiger partial charge in [-0.2, -0.15) is 0 Å². The zero-order valence-corrected chi connectivity index (χ0v) is 16.3. The number of carbonyl (C=O) groups excluding carboxylic acids is 2. The second kappa shape index (κ2) is 8.21. The number of amides is 2. The standard InChI is InChI=1S/C21H31N3O2/c1-4-23(15(2)3)11-10-22-21(26)18-13-20(25)24(14-18)19-9-8-16-6-5-7-17(16)12-19/h8-9,12,15,18H,4-7,10-11,13-14H2,1-3H3,(H,22,26). The summed E-state index contributed by atoms with van der Waals surface area (Å²) in [5.74, 6) is -0.188. The summed E-state index contributed by atoms with van der Waals surface area (Å²) < 4.78 is 0. The number of anilines is 1. The van der Waals surface area contributed by atoms with Crippen molar-refractivity contribution in [3.8, 4) is 0 Å². The van der Waals surface area contributed by atoms with Crippen molar-refractivity contribution in [2.75, 3.05) is 31.1 Å². The lowest BCUT2D eigenvalue weighted by molar-refractivity contribution is -0.126. The highest BCUT2D eigenvalue weighted by Crippen LogP contribution is 2.30. The predicted octanol–water partition coefficient (Wildman–Crippen LogP) is 2.37. The van der Waals surface area contributed by atoms with Crippen molar-refractivity contribution in [2.45, 2.75) is 52.5 Å². The largest absolute Gasteiger partial charge is 0.355 e. The molecule has 1 fully saturated rings. The fraction of sp³-hybridized carbons (Fsp3) is 0.619. The quantitative estimate of drug-likeness (QED) is 0.815. The van der Waals surface area contributed by atoms with Crippen molar-refractivity contribution in [1.82, 2.24) is 10.2 Å². The monoisotopic (exact) mass is 357 g/mol. The third kappa shape index (κ3) is 4.09. The van der Waals surface area contributed by atoms with Crippen LogP contribution in [0.3, 0.4) is 0 Å². The zero-order chi connectivity index (χ0) is 18.7. The van der Waals surface area contributed by atoms with E-state index in [1.165, 1.54) is 17.5 Å². The first-order valence-corrected chi connectivity index (χ1v) is 9.93. The molecule has 5 heteroatoms. The molecular weight excluding hydrogens is 326 g/mol. The molecule has 1 saturated heterocycles. The highest BCUT2D eigenvalue weighted by Gasteiger charge is 2.35. The van der Waals surface area contributed by atoms with Crippen LogP contribution in [-0.2, 0) is 22.4 Å². The zero-order valence-electron chi connectivity index (χ0n) is 16.3. The van der Waals surface area contributed by atoms with Crippen molar-refractivity contribution >= 4 is 17.5 Å². The maximum absolute atomic E-state index is 12.5. The molecule has 1 aromatic carbocycles. The molecule has 26 heavy (non-hydrogen) atoms. The summed E-state index contributed by atoms with van der Waals surface area (Å²) in [6, 6.07) is 6.79. The lowest BCUT2D eigenvalue weighted by Crippen LogP contribution is -2.40. The second-order valence-corrected chi connectivity index (χ2v) is 7.73. The summed E-state index contributed by atoms with van der Waals surface area (Å²) in [6.45, 7) is 9.40. The van der Waals surface area contributed by atoms with Crippen LogP contribution in [-0.4, -0.2) is 48.9 Å². The van der Waals surface area contributed by atoms with E-state index in [0.717, 1.165) is 31.6 Å². The van der Waals surface area contributed by atoms with Crippen molar-refractivity contribution in [3.63, 3.8) is 0 Å². The van der Waals surface area contributed by atoms with Gasteiger partial charge < -0.3 is 10.2 Å². The normalized spacial score (nSPS) is 19.5. The number of rotatable bonds is 7. The smallest absolute Gasteiger partial charge is 0.227 e. The Morgan fingerprint density at radius 2 is 2.08 bits per heavy atom. The number of carbonyl (C=O) groups is 2. The average Bonchev–Trinajstić information content (AvgIpc) is 3.23. The molecular formula is C21H31N3O2. The number of likely N-dealkylation sites (N-methyl/N-ethyl adjacent to an activating group) is 1. The third-order valence-corrected chi connectivity index (χ3v) is 5.72. The predicted molar refractivity (Wildman–Crippen MR) is 104 cm³/mol. The van der Waals surface area contributed by atoms with E-state index >= 15 is 0 Å². The fourth-order valence-corrected chi connectivity index (χ4v) is 4.11. The van der Waals surface area contributed by atoms with E-state index < -0.39 is 0 Å². The van der Waals surface area contributed by atoms with Crippen LogP contribution in [0, 0.1) is 5.92 Å². The molecule has 1 unspecified atom stereocenters. The number of nitrogens with zero attached hydrogens (tertiary/aromatic N) is 2. The second-order valence-electron chi connectivity index (χ2n) is 7.73. The molecule has 142 valence electrons. The summed E-state index contributed by atoms with van der Waals surface area (Å²) in [5, 5.41) is 3.02. The maximum atomic E-state index is 12.5. The van der Waals surface area contributed by atoms with Gasteiger partial charge in [-0.3, -0.25) is 14.5 Å². The van der Waals surface area contributed by atoms with Crippen LogP contribution in [0.1, 0.15) is 44.7 Å². The summed E-state index contributed by atoms with van der Waals surface area (Å²) in [5.41, 5.74) is 3.71. The molecule has 3 rings (SSSR count). The molecule has 1 aliphatic carbocycles. The summed E-state index contributed by atoms with van der Waals surface area (Å²) in [4.78, 5) is 29.0. The van der Waals surface area contributed by atoms with Crippen LogP contribution in [0.25, 0.3) is 0 Å². The highest BCUT2D eigenvalue weighted by atomic mass is 16.2. The van der Waals surface area contributed by atoms with Crippen molar-refractivity contribution < 1.29 is 9.59 Å². The van der Waals surface area contributed by atoms with E-state index in [2.05, 4.69) is 43.1 Å². The van der Waals surface area contributed by atoms with Gasteiger partial charge in [0.15, 0.2) is 0 Å². The summed E-state index contributed by atoms with van der Waals surface area (Å²) in [6.07, 6.45) is 3.74. The molecule has 1 atom stereocenters. The Morgan fingerprint density at radius 1 is 1.31 bits per heavy atom. The van der Waals surface area contributed by atoms with Gasteiger partial charge in [0.25, 0.3) is 0 Å². The minimum Gasteiger partial charge on any atom is -0.355 e. The highest BCUT2D eigenvalue weighted by molar-refractivity contribution is 6.00.